The summed E-state index contributed by atoms with van der Waals surface area (Å²) in [7, 11) is 1.59. The maximum Gasteiger partial charge on any atom is 0.371 e. The Morgan fingerprint density at radius 2 is 2.00 bits per heavy atom. The van der Waals surface area contributed by atoms with Crippen LogP contribution in [-0.2, 0) is 6.42 Å². The van der Waals surface area contributed by atoms with Crippen LogP contribution in [0.2, 0.25) is 0 Å². The molecule has 21 heavy (non-hydrogen) atoms. The largest absolute Gasteiger partial charge is 0.497 e. The number of carbonyl (C=O) groups excluding carboxylic acids is 1. The Kier molecular flexibility index (Phi) is 3.13. The number of benzene rings is 1. The molecule has 6 heteroatoms. The van der Waals surface area contributed by atoms with Gasteiger partial charge in [-0.2, -0.15) is 0 Å². The summed E-state index contributed by atoms with van der Waals surface area (Å²) < 4.78 is 10.2. The first kappa shape index (κ1) is 13.2. The molecule has 2 aromatic rings. The van der Waals surface area contributed by atoms with Gasteiger partial charge in [0, 0.05) is 12.2 Å². The minimum Gasteiger partial charge on any atom is -0.497 e. The number of carboxylic acid groups (broad SMARTS) is 1. The number of carbonyl (C=O) groups is 2. The SMILES string of the molecule is COc1ccc2c(c1)CCN2C(=O)c1ccc(C(=O)O)o1. The third-order valence-electron chi connectivity index (χ3n) is 3.45. The number of nitrogens with zero attached hydrogens (tertiary/aromatic N) is 1. The molecule has 0 radical (unpaired) electrons. The normalized spacial score (nSPS) is 13.1. The van der Waals surface area contributed by atoms with Crippen molar-refractivity contribution in [2.45, 2.75) is 6.42 Å². The number of anilines is 1. The van der Waals surface area contributed by atoms with Crippen molar-refractivity contribution in [1.82, 2.24) is 0 Å². The van der Waals surface area contributed by atoms with Crippen LogP contribution in [0.3, 0.4) is 0 Å². The summed E-state index contributed by atoms with van der Waals surface area (Å²) in [5, 5.41) is 8.83. The zero-order valence-electron chi connectivity index (χ0n) is 11.3. The molecule has 6 nitrogen and oxygen atoms in total. The van der Waals surface area contributed by atoms with Crippen molar-refractivity contribution in [3.63, 3.8) is 0 Å². The molecule has 0 unspecified atom stereocenters. The van der Waals surface area contributed by atoms with Gasteiger partial charge in [-0.3, -0.25) is 4.79 Å². The molecule has 0 bridgehead atoms. The van der Waals surface area contributed by atoms with Gasteiger partial charge in [0.25, 0.3) is 5.91 Å². The minimum atomic E-state index is -1.19. The van der Waals surface area contributed by atoms with Crippen molar-refractivity contribution < 1.29 is 23.8 Å². The quantitative estimate of drug-likeness (QED) is 0.936. The second kappa shape index (κ2) is 4.97. The molecule has 1 amide bonds. The average Bonchev–Trinajstić information content (AvgIpc) is 3.12. The van der Waals surface area contributed by atoms with Gasteiger partial charge in [-0.05, 0) is 42.3 Å². The van der Waals surface area contributed by atoms with E-state index in [0.29, 0.717) is 6.54 Å². The first-order valence-electron chi connectivity index (χ1n) is 6.42. The Labute approximate surface area is 120 Å². The van der Waals surface area contributed by atoms with E-state index in [-0.39, 0.29) is 17.4 Å². The van der Waals surface area contributed by atoms with Crippen molar-refractivity contribution in [3.8, 4) is 5.75 Å². The summed E-state index contributed by atoms with van der Waals surface area (Å²) in [5.74, 6) is -1.01. The van der Waals surface area contributed by atoms with E-state index in [0.717, 1.165) is 23.4 Å². The predicted molar refractivity (Wildman–Crippen MR) is 74.0 cm³/mol. The maximum atomic E-state index is 12.4. The fourth-order valence-corrected chi connectivity index (χ4v) is 2.42. The fraction of sp³-hybridized carbons (Fsp3) is 0.200. The van der Waals surface area contributed by atoms with Crippen LogP contribution < -0.4 is 9.64 Å². The molecule has 1 aromatic carbocycles. The Balaban J connectivity index is 1.89. The van der Waals surface area contributed by atoms with Crippen LogP contribution in [0.1, 0.15) is 26.7 Å². The molecular weight excluding hydrogens is 274 g/mol. The number of carboxylic acids is 1. The predicted octanol–water partition coefficient (Wildman–Crippen LogP) is 2.19. The van der Waals surface area contributed by atoms with Gasteiger partial charge in [0.05, 0.1) is 7.11 Å². The molecule has 0 atom stereocenters. The van der Waals surface area contributed by atoms with Gasteiger partial charge in [0.15, 0.2) is 5.76 Å². The molecule has 1 N–H and O–H groups in total. The molecule has 0 aliphatic carbocycles. The first-order chi connectivity index (χ1) is 10.1. The molecular formula is C15H13NO5. The minimum absolute atomic E-state index is 0.0241. The number of fused-ring (bicyclic) bond motifs is 1. The van der Waals surface area contributed by atoms with Crippen molar-refractivity contribution in [1.29, 1.82) is 0 Å². The van der Waals surface area contributed by atoms with E-state index in [9.17, 15) is 9.59 Å². The van der Waals surface area contributed by atoms with Crippen molar-refractivity contribution in [2.24, 2.45) is 0 Å². The molecule has 0 spiro atoms. The lowest BCUT2D eigenvalue weighted by molar-refractivity contribution is 0.0660. The summed E-state index contributed by atoms with van der Waals surface area (Å²) in [6.45, 7) is 0.532. The van der Waals surface area contributed by atoms with E-state index >= 15 is 0 Å². The molecule has 0 saturated carbocycles. The van der Waals surface area contributed by atoms with Crippen molar-refractivity contribution in [2.75, 3.05) is 18.6 Å². The molecule has 3 rings (SSSR count). The molecule has 108 valence electrons. The standard InChI is InChI=1S/C15H13NO5/c1-20-10-2-3-11-9(8-10)6-7-16(11)14(17)12-4-5-13(21-12)15(18)19/h2-5,8H,6-7H2,1H3,(H,18,19). The van der Waals surface area contributed by atoms with Crippen LogP contribution in [0, 0.1) is 0 Å². The monoisotopic (exact) mass is 287 g/mol. The summed E-state index contributed by atoms with van der Waals surface area (Å²) in [4.78, 5) is 24.8. The zero-order chi connectivity index (χ0) is 15.0. The summed E-state index contributed by atoms with van der Waals surface area (Å²) >= 11 is 0. The van der Waals surface area contributed by atoms with Gasteiger partial charge in [-0.15, -0.1) is 0 Å². The lowest BCUT2D eigenvalue weighted by Gasteiger charge is -2.15. The van der Waals surface area contributed by atoms with Crippen molar-refractivity contribution in [3.05, 3.63) is 47.4 Å². The maximum absolute atomic E-state index is 12.4. The topological polar surface area (TPSA) is 80.0 Å². The smallest absolute Gasteiger partial charge is 0.371 e. The summed E-state index contributed by atoms with van der Waals surface area (Å²) in [6, 6.07) is 8.16. The Hall–Kier alpha value is -2.76. The fourth-order valence-electron chi connectivity index (χ4n) is 2.42. The van der Waals surface area contributed by atoms with E-state index in [1.54, 1.807) is 18.1 Å². The number of amides is 1. The molecule has 2 heterocycles. The Morgan fingerprint density at radius 1 is 1.24 bits per heavy atom. The third kappa shape index (κ3) is 2.24. The molecule has 0 fully saturated rings. The van der Waals surface area contributed by atoms with E-state index < -0.39 is 5.97 Å². The van der Waals surface area contributed by atoms with Crippen LogP contribution in [0.5, 0.6) is 5.75 Å². The van der Waals surface area contributed by atoms with Crippen LogP contribution in [-0.4, -0.2) is 30.6 Å². The number of furan rings is 1. The van der Waals surface area contributed by atoms with Crippen LogP contribution in [0.4, 0.5) is 5.69 Å². The zero-order valence-corrected chi connectivity index (χ0v) is 11.3. The van der Waals surface area contributed by atoms with Gasteiger partial charge in [-0.1, -0.05) is 0 Å². The van der Waals surface area contributed by atoms with Crippen LogP contribution >= 0.6 is 0 Å². The van der Waals surface area contributed by atoms with E-state index in [4.69, 9.17) is 14.3 Å². The number of hydrogen-bond donors (Lipinski definition) is 1. The average molecular weight is 287 g/mol. The van der Waals surface area contributed by atoms with Gasteiger partial charge >= 0.3 is 5.97 Å². The first-order valence-corrected chi connectivity index (χ1v) is 6.42. The van der Waals surface area contributed by atoms with Gasteiger partial charge in [0.2, 0.25) is 5.76 Å². The summed E-state index contributed by atoms with van der Waals surface area (Å²) in [5.41, 5.74) is 1.82. The second-order valence-corrected chi connectivity index (χ2v) is 4.67. The lowest BCUT2D eigenvalue weighted by Crippen LogP contribution is -2.28. The molecule has 1 aromatic heterocycles. The highest BCUT2D eigenvalue weighted by molar-refractivity contribution is 6.06. The Morgan fingerprint density at radius 3 is 2.67 bits per heavy atom. The highest BCUT2D eigenvalue weighted by atomic mass is 16.5. The van der Waals surface area contributed by atoms with E-state index in [1.165, 1.54) is 12.1 Å². The van der Waals surface area contributed by atoms with Crippen molar-refractivity contribution >= 4 is 17.6 Å². The van der Waals surface area contributed by atoms with E-state index in [1.807, 2.05) is 12.1 Å². The van der Waals surface area contributed by atoms with E-state index in [2.05, 4.69) is 0 Å². The highest BCUT2D eigenvalue weighted by Crippen LogP contribution is 2.32. The van der Waals surface area contributed by atoms with Crippen LogP contribution in [0.25, 0.3) is 0 Å². The summed E-state index contributed by atoms with van der Waals surface area (Å²) in [6.07, 6.45) is 0.727. The molecule has 0 saturated heterocycles. The second-order valence-electron chi connectivity index (χ2n) is 4.67. The number of aromatic carboxylic acids is 1. The highest BCUT2D eigenvalue weighted by Gasteiger charge is 2.28. The molecule has 1 aliphatic heterocycles. The number of hydrogen-bond acceptors (Lipinski definition) is 4. The Bertz CT molecular complexity index is 719. The van der Waals surface area contributed by atoms with Gasteiger partial charge in [0.1, 0.15) is 5.75 Å². The third-order valence-corrected chi connectivity index (χ3v) is 3.45. The lowest BCUT2D eigenvalue weighted by atomic mass is 10.1. The van der Waals surface area contributed by atoms with Gasteiger partial charge < -0.3 is 19.2 Å². The number of rotatable bonds is 3. The van der Waals surface area contributed by atoms with Gasteiger partial charge in [-0.25, -0.2) is 4.79 Å². The number of methoxy groups -OCH3 is 1. The number of ether oxygens (including phenoxy) is 1. The van der Waals surface area contributed by atoms with Crippen LogP contribution in [0.15, 0.2) is 34.7 Å². The molecule has 1 aliphatic rings.